The Morgan fingerprint density at radius 1 is 1.15 bits per heavy atom. The maximum absolute atomic E-state index is 10.6. The van der Waals surface area contributed by atoms with E-state index in [2.05, 4.69) is 31.9 Å². The number of hydrogen-bond donors (Lipinski definition) is 1. The van der Waals surface area contributed by atoms with Crippen molar-refractivity contribution in [1.29, 1.82) is 0 Å². The van der Waals surface area contributed by atoms with E-state index in [1.54, 1.807) is 0 Å². The van der Waals surface area contributed by atoms with Crippen molar-refractivity contribution in [3.63, 3.8) is 0 Å². The largest absolute Gasteiger partial charge is 0.294 e. The Bertz CT molecular complexity index is 404. The molecule has 0 bridgehead atoms. The fourth-order valence-corrected chi connectivity index (χ4v) is 1.92. The molecule has 7 heteroatoms. The molecule has 1 aromatic carbocycles. The van der Waals surface area contributed by atoms with E-state index in [0.717, 1.165) is 4.47 Å². The first-order valence-electron chi connectivity index (χ1n) is 2.84. The van der Waals surface area contributed by atoms with Gasteiger partial charge in [0, 0.05) is 36.2 Å². The van der Waals surface area contributed by atoms with Crippen molar-refractivity contribution in [2.75, 3.05) is 0 Å². The van der Waals surface area contributed by atoms with E-state index in [1.807, 2.05) is 0 Å². The minimum atomic E-state index is -4.09. The van der Waals surface area contributed by atoms with Crippen molar-refractivity contribution in [2.24, 2.45) is 0 Å². The molecular weight excluding hydrogens is 424 g/mol. The van der Waals surface area contributed by atoms with Gasteiger partial charge in [-0.05, 0) is 50.1 Å². The van der Waals surface area contributed by atoms with Crippen LogP contribution in [0, 0.1) is 0 Å². The fourth-order valence-electron chi connectivity index (χ4n) is 0.637. The van der Waals surface area contributed by atoms with Crippen LogP contribution < -0.4 is 0 Å². The van der Waals surface area contributed by atoms with Gasteiger partial charge in [0.05, 0.1) is 4.90 Å². The molecule has 1 N–H and O–H groups in total. The molecule has 13 heavy (non-hydrogen) atoms. The Labute approximate surface area is 113 Å². The van der Waals surface area contributed by atoms with E-state index in [4.69, 9.17) is 4.55 Å². The maximum Gasteiger partial charge on any atom is 0.294 e. The number of benzene rings is 1. The summed E-state index contributed by atoms with van der Waals surface area (Å²) in [4.78, 5) is -0.127. The maximum atomic E-state index is 10.6. The van der Waals surface area contributed by atoms with Gasteiger partial charge in [-0.3, -0.25) is 4.55 Å². The molecule has 3 nitrogen and oxygen atoms in total. The summed E-state index contributed by atoms with van der Waals surface area (Å²) in [5.41, 5.74) is 0. The van der Waals surface area contributed by atoms with E-state index in [-0.39, 0.29) is 32.2 Å². The Balaban J connectivity index is 0.00000144. The second-order valence-electron chi connectivity index (χ2n) is 2.05. The fraction of sp³-hybridized carbons (Fsp3) is 0. The van der Waals surface area contributed by atoms with Crippen molar-refractivity contribution in [3.05, 3.63) is 27.1 Å². The molecule has 0 aliphatic heterocycles. The van der Waals surface area contributed by atoms with Gasteiger partial charge in [0.25, 0.3) is 10.1 Å². The van der Waals surface area contributed by atoms with Crippen LogP contribution in [0.3, 0.4) is 0 Å². The predicted octanol–water partition coefficient (Wildman–Crippen LogP) is 2.46. The summed E-state index contributed by atoms with van der Waals surface area (Å²) in [6, 6.07) is 4.16. The topological polar surface area (TPSA) is 54.4 Å². The van der Waals surface area contributed by atoms with Gasteiger partial charge in [0.2, 0.25) is 0 Å². The molecule has 68 valence electrons. The SMILES string of the molecule is O=S(=O)(O)c1ccc(Br)c(Br)c1.[Cd]. The van der Waals surface area contributed by atoms with E-state index >= 15 is 0 Å². The molecule has 0 aliphatic carbocycles. The molecule has 1 aromatic rings. The summed E-state index contributed by atoms with van der Waals surface area (Å²) < 4.78 is 31.2. The molecule has 0 saturated carbocycles. The Morgan fingerprint density at radius 3 is 2.08 bits per heavy atom. The second kappa shape index (κ2) is 5.19. The first-order chi connectivity index (χ1) is 5.41. The first kappa shape index (κ1) is 14.0. The quantitative estimate of drug-likeness (QED) is 0.553. The van der Waals surface area contributed by atoms with Crippen LogP contribution in [0.1, 0.15) is 0 Å². The van der Waals surface area contributed by atoms with E-state index in [0.29, 0.717) is 4.47 Å². The van der Waals surface area contributed by atoms with E-state index < -0.39 is 10.1 Å². The third kappa shape index (κ3) is 3.94. The summed E-state index contributed by atoms with van der Waals surface area (Å²) in [6.45, 7) is 0. The zero-order valence-corrected chi connectivity index (χ0v) is 14.4. The van der Waals surface area contributed by atoms with Gasteiger partial charge < -0.3 is 0 Å². The van der Waals surface area contributed by atoms with Gasteiger partial charge in [-0.1, -0.05) is 0 Å². The Morgan fingerprint density at radius 2 is 1.69 bits per heavy atom. The van der Waals surface area contributed by atoms with Crippen molar-refractivity contribution in [3.8, 4) is 0 Å². The van der Waals surface area contributed by atoms with Crippen LogP contribution >= 0.6 is 31.9 Å². The summed E-state index contributed by atoms with van der Waals surface area (Å²) >= 11 is 6.29. The second-order valence-corrected chi connectivity index (χ2v) is 5.18. The average Bonchev–Trinajstić information content (AvgIpc) is 1.92. The number of hydrogen-bond acceptors (Lipinski definition) is 2. The van der Waals surface area contributed by atoms with Gasteiger partial charge in [0.1, 0.15) is 0 Å². The summed E-state index contributed by atoms with van der Waals surface area (Å²) in [5.74, 6) is 0. The molecule has 0 aliphatic rings. The number of rotatable bonds is 1. The smallest absolute Gasteiger partial charge is 0.282 e. The van der Waals surface area contributed by atoms with Gasteiger partial charge >= 0.3 is 0 Å². The van der Waals surface area contributed by atoms with Crippen LogP contribution in [0.4, 0.5) is 0 Å². The molecule has 0 heterocycles. The van der Waals surface area contributed by atoms with E-state index in [1.165, 1.54) is 18.2 Å². The predicted molar refractivity (Wildman–Crippen MR) is 51.7 cm³/mol. The molecule has 0 spiro atoms. The minimum absolute atomic E-state index is 0. The molecule has 0 unspecified atom stereocenters. The molecule has 0 aromatic heterocycles. The molecular formula is C6H4Br2CdO3S. The van der Waals surface area contributed by atoms with Gasteiger partial charge in [-0.15, -0.1) is 0 Å². The molecule has 0 amide bonds. The summed E-state index contributed by atoms with van der Waals surface area (Å²) in [5, 5.41) is 0. The number of halogens is 2. The molecule has 0 saturated heterocycles. The Kier molecular flexibility index (Phi) is 5.60. The van der Waals surface area contributed by atoms with Crippen LogP contribution in [-0.2, 0) is 37.4 Å². The van der Waals surface area contributed by atoms with Crippen LogP contribution in [-0.4, -0.2) is 13.0 Å². The van der Waals surface area contributed by atoms with Crippen LogP contribution in [0.25, 0.3) is 0 Å². The standard InChI is InChI=1S/C6H4Br2O3S.Cd/c7-5-2-1-4(3-6(5)8)12(9,10)11;/h1-3H,(H,9,10,11);. The monoisotopic (exact) mass is 428 g/mol. The first-order valence-corrected chi connectivity index (χ1v) is 5.86. The average molecular weight is 428 g/mol. The zero-order valence-electron chi connectivity index (χ0n) is 6.37. The van der Waals surface area contributed by atoms with Crippen molar-refractivity contribution >= 4 is 42.0 Å². The minimum Gasteiger partial charge on any atom is -0.282 e. The zero-order chi connectivity index (χ0) is 9.35. The van der Waals surface area contributed by atoms with Crippen LogP contribution in [0.15, 0.2) is 32.0 Å². The third-order valence-electron chi connectivity index (χ3n) is 1.19. The Hall–Kier alpha value is 1.01. The van der Waals surface area contributed by atoms with Crippen LogP contribution in [0.5, 0.6) is 0 Å². The third-order valence-corrected chi connectivity index (χ3v) is 3.92. The summed E-state index contributed by atoms with van der Waals surface area (Å²) in [6.07, 6.45) is 0. The van der Waals surface area contributed by atoms with E-state index in [9.17, 15) is 8.42 Å². The summed E-state index contributed by atoms with van der Waals surface area (Å²) in [7, 11) is -4.09. The van der Waals surface area contributed by atoms with Gasteiger partial charge in [0.15, 0.2) is 0 Å². The van der Waals surface area contributed by atoms with Gasteiger partial charge in [-0.2, -0.15) is 8.42 Å². The van der Waals surface area contributed by atoms with Crippen molar-refractivity contribution in [2.45, 2.75) is 4.90 Å². The molecule has 0 radical (unpaired) electrons. The molecule has 0 atom stereocenters. The molecule has 1 rings (SSSR count). The van der Waals surface area contributed by atoms with Crippen molar-refractivity contribution in [1.82, 2.24) is 0 Å². The molecule has 0 fully saturated rings. The van der Waals surface area contributed by atoms with Crippen LogP contribution in [0.2, 0.25) is 0 Å². The normalized spacial score (nSPS) is 10.7. The van der Waals surface area contributed by atoms with Crippen molar-refractivity contribution < 1.29 is 40.3 Å². The van der Waals surface area contributed by atoms with Gasteiger partial charge in [-0.25, -0.2) is 0 Å².